The van der Waals surface area contributed by atoms with Crippen LogP contribution in [-0.4, -0.2) is 37.8 Å². The van der Waals surface area contributed by atoms with Crippen molar-refractivity contribution < 1.29 is 9.90 Å². The molecule has 2 aromatic rings. The van der Waals surface area contributed by atoms with Crippen molar-refractivity contribution in [2.75, 3.05) is 7.05 Å². The van der Waals surface area contributed by atoms with Gasteiger partial charge in [0.1, 0.15) is 0 Å². The number of aromatic nitrogens is 3. The summed E-state index contributed by atoms with van der Waals surface area (Å²) in [5, 5.41) is 14.0. The molecule has 2 rings (SSSR count). The van der Waals surface area contributed by atoms with Crippen LogP contribution >= 0.6 is 11.3 Å². The number of carbonyl (C=O) groups is 1. The number of rotatable bonds is 7. The van der Waals surface area contributed by atoms with Gasteiger partial charge in [0.15, 0.2) is 0 Å². The first kappa shape index (κ1) is 16.6. The number of hydrogen-bond donors (Lipinski definition) is 1. The lowest BCUT2D eigenvalue weighted by atomic mass is 10.2. The zero-order chi connectivity index (χ0) is 16.3. The van der Waals surface area contributed by atoms with Crippen LogP contribution in [0.4, 0.5) is 0 Å². The van der Waals surface area contributed by atoms with Crippen LogP contribution in [0.15, 0.2) is 12.4 Å². The topological polar surface area (TPSA) is 71.2 Å². The van der Waals surface area contributed by atoms with Gasteiger partial charge in [-0.25, -0.2) is 4.98 Å². The molecule has 1 atom stereocenters. The summed E-state index contributed by atoms with van der Waals surface area (Å²) in [4.78, 5) is 18.7. The van der Waals surface area contributed by atoms with Gasteiger partial charge in [-0.3, -0.25) is 14.4 Å². The van der Waals surface area contributed by atoms with E-state index in [-0.39, 0.29) is 12.5 Å². The molecular weight excluding hydrogens is 300 g/mol. The second-order valence-electron chi connectivity index (χ2n) is 5.52. The van der Waals surface area contributed by atoms with Crippen molar-refractivity contribution >= 4 is 17.3 Å². The van der Waals surface area contributed by atoms with Crippen LogP contribution in [0.3, 0.4) is 0 Å². The Labute approximate surface area is 134 Å². The molecule has 0 saturated carbocycles. The number of aryl methyl sites for hydroxylation is 3. The lowest BCUT2D eigenvalue weighted by molar-refractivity contribution is -0.137. The fourth-order valence-electron chi connectivity index (χ4n) is 2.39. The normalized spacial score (nSPS) is 12.8. The molecular formula is C15H22N4O2S. The lowest BCUT2D eigenvalue weighted by Crippen LogP contribution is -2.22. The summed E-state index contributed by atoms with van der Waals surface area (Å²) in [5.41, 5.74) is 2.20. The quantitative estimate of drug-likeness (QED) is 0.848. The molecule has 0 aliphatic rings. The summed E-state index contributed by atoms with van der Waals surface area (Å²) < 4.78 is 1.68. The summed E-state index contributed by atoms with van der Waals surface area (Å²) >= 11 is 1.72. The van der Waals surface area contributed by atoms with E-state index < -0.39 is 5.97 Å². The molecule has 0 saturated heterocycles. The van der Waals surface area contributed by atoms with Gasteiger partial charge in [0.2, 0.25) is 0 Å². The highest BCUT2D eigenvalue weighted by Gasteiger charge is 2.18. The fourth-order valence-corrected chi connectivity index (χ4v) is 3.29. The number of nitrogens with zero attached hydrogens (tertiary/aromatic N) is 4. The highest BCUT2D eigenvalue weighted by atomic mass is 32.1. The molecule has 1 unspecified atom stereocenters. The van der Waals surface area contributed by atoms with Gasteiger partial charge in [0, 0.05) is 23.2 Å². The molecule has 0 radical (unpaired) electrons. The molecule has 0 aliphatic heterocycles. The Morgan fingerprint density at radius 3 is 2.82 bits per heavy atom. The van der Waals surface area contributed by atoms with Crippen LogP contribution in [-0.2, 0) is 17.9 Å². The van der Waals surface area contributed by atoms with E-state index in [4.69, 9.17) is 5.11 Å². The molecule has 2 heterocycles. The van der Waals surface area contributed by atoms with Crippen LogP contribution < -0.4 is 0 Å². The molecule has 7 heteroatoms. The van der Waals surface area contributed by atoms with E-state index in [0.29, 0.717) is 6.54 Å². The Kier molecular flexibility index (Phi) is 5.31. The van der Waals surface area contributed by atoms with Crippen molar-refractivity contribution in [3.05, 3.63) is 33.5 Å². The minimum Gasteiger partial charge on any atom is -0.481 e. The van der Waals surface area contributed by atoms with E-state index in [0.717, 1.165) is 22.8 Å². The van der Waals surface area contributed by atoms with Gasteiger partial charge in [-0.1, -0.05) is 0 Å². The summed E-state index contributed by atoms with van der Waals surface area (Å²) in [7, 11) is 2.06. The molecule has 0 aromatic carbocycles. The summed E-state index contributed by atoms with van der Waals surface area (Å²) in [5.74, 6) is -0.808. The minimum absolute atomic E-state index is 0.0880. The largest absolute Gasteiger partial charge is 0.481 e. The van der Waals surface area contributed by atoms with Gasteiger partial charge in [-0.05, 0) is 27.8 Å². The molecule has 0 spiro atoms. The predicted octanol–water partition coefficient (Wildman–Crippen LogP) is 2.62. The van der Waals surface area contributed by atoms with E-state index in [2.05, 4.69) is 35.9 Å². The molecule has 6 nitrogen and oxygen atoms in total. The van der Waals surface area contributed by atoms with E-state index in [1.807, 2.05) is 13.1 Å². The molecule has 22 heavy (non-hydrogen) atoms. The molecule has 1 N–H and O–H groups in total. The van der Waals surface area contributed by atoms with Gasteiger partial charge in [0.05, 0.1) is 35.9 Å². The summed E-state index contributed by atoms with van der Waals surface area (Å²) in [6, 6.07) is 0.229. The van der Waals surface area contributed by atoms with Crippen molar-refractivity contribution in [2.45, 2.75) is 46.3 Å². The first-order valence-corrected chi connectivity index (χ1v) is 8.05. The van der Waals surface area contributed by atoms with Gasteiger partial charge in [0.25, 0.3) is 0 Å². The number of carboxylic acid groups (broad SMARTS) is 1. The van der Waals surface area contributed by atoms with Gasteiger partial charge in [-0.15, -0.1) is 11.3 Å². The Balaban J connectivity index is 1.98. The minimum atomic E-state index is -0.808. The second kappa shape index (κ2) is 7.02. The third-order valence-corrected chi connectivity index (χ3v) is 4.57. The second-order valence-corrected chi connectivity index (χ2v) is 6.93. The number of carboxylic acids is 1. The maximum absolute atomic E-state index is 10.6. The van der Waals surface area contributed by atoms with Crippen molar-refractivity contribution in [3.63, 3.8) is 0 Å². The fraction of sp³-hybridized carbons (Fsp3) is 0.533. The predicted molar refractivity (Wildman–Crippen MR) is 85.9 cm³/mol. The maximum atomic E-state index is 10.6. The highest BCUT2D eigenvalue weighted by molar-refractivity contribution is 7.11. The highest BCUT2D eigenvalue weighted by Crippen LogP contribution is 2.26. The third-order valence-electron chi connectivity index (χ3n) is 3.67. The third kappa shape index (κ3) is 4.14. The summed E-state index contributed by atoms with van der Waals surface area (Å²) in [6.07, 6.45) is 3.79. The Hall–Kier alpha value is -1.73. The first-order valence-electron chi connectivity index (χ1n) is 7.24. The van der Waals surface area contributed by atoms with Crippen LogP contribution in [0.2, 0.25) is 0 Å². The lowest BCUT2D eigenvalue weighted by Gasteiger charge is -2.23. The zero-order valence-corrected chi connectivity index (χ0v) is 14.2. The average molecular weight is 322 g/mol. The van der Waals surface area contributed by atoms with Gasteiger partial charge < -0.3 is 5.11 Å². The SMILES string of the molecule is Cc1nc(C(C)N(C)Cc2cnn(CCC(=O)O)c2)c(C)s1. The van der Waals surface area contributed by atoms with E-state index in [1.165, 1.54) is 4.88 Å². The standard InChI is InChI=1S/C15H22N4O2S/c1-10(15-11(2)22-12(3)17-15)18(4)8-13-7-16-19(9-13)6-5-14(20)21/h7,9-10H,5-6,8H2,1-4H3,(H,20,21). The van der Waals surface area contributed by atoms with E-state index in [1.54, 1.807) is 22.2 Å². The van der Waals surface area contributed by atoms with Crippen LogP contribution in [0.5, 0.6) is 0 Å². The maximum Gasteiger partial charge on any atom is 0.305 e. The molecule has 2 aromatic heterocycles. The van der Waals surface area contributed by atoms with Crippen LogP contribution in [0.25, 0.3) is 0 Å². The first-order chi connectivity index (χ1) is 10.4. The molecule has 0 amide bonds. The van der Waals surface area contributed by atoms with E-state index in [9.17, 15) is 4.79 Å². The van der Waals surface area contributed by atoms with Gasteiger partial charge >= 0.3 is 5.97 Å². The Bertz CT molecular complexity index is 650. The van der Waals surface area contributed by atoms with Crippen molar-refractivity contribution in [1.29, 1.82) is 0 Å². The molecule has 0 fully saturated rings. The number of hydrogen-bond acceptors (Lipinski definition) is 5. The summed E-state index contributed by atoms with van der Waals surface area (Å²) in [6.45, 7) is 7.44. The van der Waals surface area contributed by atoms with Crippen molar-refractivity contribution in [1.82, 2.24) is 19.7 Å². The van der Waals surface area contributed by atoms with Gasteiger partial charge in [-0.2, -0.15) is 5.10 Å². The Morgan fingerprint density at radius 1 is 1.50 bits per heavy atom. The zero-order valence-electron chi connectivity index (χ0n) is 13.4. The van der Waals surface area contributed by atoms with Crippen LogP contribution in [0, 0.1) is 13.8 Å². The van der Waals surface area contributed by atoms with Crippen LogP contribution in [0.1, 0.15) is 40.5 Å². The molecule has 120 valence electrons. The average Bonchev–Trinajstić information content (AvgIpc) is 3.02. The molecule has 0 bridgehead atoms. The van der Waals surface area contributed by atoms with E-state index >= 15 is 0 Å². The smallest absolute Gasteiger partial charge is 0.305 e. The monoisotopic (exact) mass is 322 g/mol. The number of aliphatic carboxylic acids is 1. The van der Waals surface area contributed by atoms with Crippen molar-refractivity contribution in [2.24, 2.45) is 0 Å². The molecule has 0 aliphatic carbocycles. The Morgan fingerprint density at radius 2 is 2.23 bits per heavy atom. The number of thiazole rings is 1. The van der Waals surface area contributed by atoms with Crippen molar-refractivity contribution in [3.8, 4) is 0 Å².